The fraction of sp³-hybridized carbons (Fsp3) is 0.833. The van der Waals surface area contributed by atoms with Crippen LogP contribution in [0.3, 0.4) is 0 Å². The van der Waals surface area contributed by atoms with E-state index >= 15 is 0 Å². The second-order valence-electron chi connectivity index (χ2n) is 5.73. The Balaban J connectivity index is 0.00000180. The maximum atomic E-state index is 11.2. The molecule has 2 rings (SSSR count). The summed E-state index contributed by atoms with van der Waals surface area (Å²) in [6, 6.07) is 0.482. The molecule has 2 N–H and O–H groups in total. The highest BCUT2D eigenvalue weighted by Gasteiger charge is 2.36. The fourth-order valence-electron chi connectivity index (χ4n) is 2.54. The van der Waals surface area contributed by atoms with Gasteiger partial charge < -0.3 is 20.2 Å². The number of halogens is 1. The van der Waals surface area contributed by atoms with Gasteiger partial charge in [0.05, 0.1) is 5.41 Å². The molecule has 5 nitrogen and oxygen atoms in total. The molecule has 0 bridgehead atoms. The van der Waals surface area contributed by atoms with Gasteiger partial charge in [0.1, 0.15) is 0 Å². The lowest BCUT2D eigenvalue weighted by molar-refractivity contribution is -0.147. The van der Waals surface area contributed by atoms with E-state index in [1.165, 1.54) is 0 Å². The van der Waals surface area contributed by atoms with Gasteiger partial charge in [-0.25, -0.2) is 0 Å². The number of hydrogen-bond acceptors (Lipinski definition) is 3. The molecule has 0 aliphatic carbocycles. The number of fused-ring (bicyclic) bond motifs is 1. The van der Waals surface area contributed by atoms with Crippen LogP contribution in [-0.4, -0.2) is 64.8 Å². The van der Waals surface area contributed by atoms with Crippen LogP contribution in [0.5, 0.6) is 0 Å². The van der Waals surface area contributed by atoms with Gasteiger partial charge in [0.2, 0.25) is 0 Å². The Morgan fingerprint density at radius 3 is 2.84 bits per heavy atom. The van der Waals surface area contributed by atoms with Crippen LogP contribution in [0, 0.1) is 5.41 Å². The summed E-state index contributed by atoms with van der Waals surface area (Å²) >= 11 is 5.51. The van der Waals surface area contributed by atoms with Crippen molar-refractivity contribution in [2.45, 2.75) is 26.3 Å². The van der Waals surface area contributed by atoms with Gasteiger partial charge in [-0.3, -0.25) is 4.79 Å². The number of piperazine rings is 1. The van der Waals surface area contributed by atoms with Crippen LogP contribution in [0.2, 0.25) is 0 Å². The van der Waals surface area contributed by atoms with Crippen molar-refractivity contribution in [3.63, 3.8) is 0 Å². The number of rotatable bonds is 3. The van der Waals surface area contributed by atoms with Crippen LogP contribution < -0.4 is 5.32 Å². The van der Waals surface area contributed by atoms with Crippen LogP contribution in [0.4, 0.5) is 0 Å². The molecule has 0 spiro atoms. The Bertz CT molecular complexity index is 365. The monoisotopic (exact) mass is 307 g/mol. The number of carbonyl (C=O) groups is 1. The first kappa shape index (κ1) is 16.5. The third-order valence-corrected chi connectivity index (χ3v) is 4.26. The molecule has 0 aromatic rings. The van der Waals surface area contributed by atoms with E-state index in [4.69, 9.17) is 12.2 Å². The minimum Gasteiger partial charge on any atom is -0.481 e. The van der Waals surface area contributed by atoms with Gasteiger partial charge in [0.15, 0.2) is 5.11 Å². The van der Waals surface area contributed by atoms with Gasteiger partial charge in [-0.15, -0.1) is 12.4 Å². The SMILES string of the molecule is CC(C)(CN1CCC2CNCCN2C1=S)C(=O)O.Cl. The summed E-state index contributed by atoms with van der Waals surface area (Å²) in [6.45, 7) is 7.70. The van der Waals surface area contributed by atoms with Gasteiger partial charge in [-0.05, 0) is 32.5 Å². The van der Waals surface area contributed by atoms with Crippen LogP contribution in [-0.2, 0) is 4.79 Å². The molecular weight excluding hydrogens is 286 g/mol. The van der Waals surface area contributed by atoms with Crippen molar-refractivity contribution in [2.75, 3.05) is 32.7 Å². The lowest BCUT2D eigenvalue weighted by Crippen LogP contribution is -2.62. The van der Waals surface area contributed by atoms with Gasteiger partial charge in [-0.2, -0.15) is 0 Å². The first-order chi connectivity index (χ1) is 8.42. The van der Waals surface area contributed by atoms with Gasteiger partial charge >= 0.3 is 5.97 Å². The fourth-order valence-corrected chi connectivity index (χ4v) is 2.94. The standard InChI is InChI=1S/C12H21N3O2S.ClH/c1-12(2,10(16)17)8-14-5-3-9-7-13-4-6-15(9)11(14)18;/h9,13H,3-8H2,1-2H3,(H,16,17);1H. The van der Waals surface area contributed by atoms with E-state index in [2.05, 4.69) is 10.2 Å². The summed E-state index contributed by atoms with van der Waals surface area (Å²) in [5, 5.41) is 13.4. The molecule has 2 aliphatic heterocycles. The number of hydrogen-bond donors (Lipinski definition) is 2. The molecule has 0 radical (unpaired) electrons. The van der Waals surface area contributed by atoms with E-state index in [0.29, 0.717) is 12.6 Å². The van der Waals surface area contributed by atoms with E-state index in [-0.39, 0.29) is 12.4 Å². The third kappa shape index (κ3) is 3.49. The number of carboxylic acid groups (broad SMARTS) is 1. The Morgan fingerprint density at radius 2 is 2.21 bits per heavy atom. The van der Waals surface area contributed by atoms with Crippen molar-refractivity contribution in [2.24, 2.45) is 5.41 Å². The predicted molar refractivity (Wildman–Crippen MR) is 80.8 cm³/mol. The van der Waals surface area contributed by atoms with Crippen LogP contribution in [0.1, 0.15) is 20.3 Å². The first-order valence-electron chi connectivity index (χ1n) is 6.41. The highest BCUT2D eigenvalue weighted by Crippen LogP contribution is 2.23. The largest absolute Gasteiger partial charge is 0.481 e. The van der Waals surface area contributed by atoms with Crippen molar-refractivity contribution in [1.29, 1.82) is 0 Å². The molecule has 2 fully saturated rings. The summed E-state index contributed by atoms with van der Waals surface area (Å²) in [5.41, 5.74) is -0.759. The molecule has 2 saturated heterocycles. The van der Waals surface area contributed by atoms with Crippen molar-refractivity contribution in [3.8, 4) is 0 Å². The Labute approximate surface area is 125 Å². The molecule has 0 saturated carbocycles. The lowest BCUT2D eigenvalue weighted by Gasteiger charge is -2.47. The maximum absolute atomic E-state index is 11.2. The van der Waals surface area contributed by atoms with E-state index in [1.807, 2.05) is 4.90 Å². The van der Waals surface area contributed by atoms with Gasteiger partial charge in [-0.1, -0.05) is 0 Å². The first-order valence-corrected chi connectivity index (χ1v) is 6.82. The van der Waals surface area contributed by atoms with Crippen molar-refractivity contribution < 1.29 is 9.90 Å². The summed E-state index contributed by atoms with van der Waals surface area (Å²) < 4.78 is 0. The molecule has 2 aliphatic rings. The van der Waals surface area contributed by atoms with Crippen LogP contribution in [0.15, 0.2) is 0 Å². The summed E-state index contributed by atoms with van der Waals surface area (Å²) in [5.74, 6) is -0.771. The molecule has 0 aromatic heterocycles. The zero-order chi connectivity index (χ0) is 13.3. The molecule has 0 aromatic carbocycles. The molecular formula is C12H22ClN3O2S. The zero-order valence-corrected chi connectivity index (χ0v) is 13.0. The molecule has 0 amide bonds. The lowest BCUT2D eigenvalue weighted by atomic mass is 9.92. The van der Waals surface area contributed by atoms with Gasteiger partial charge in [0, 0.05) is 38.8 Å². The Hall–Kier alpha value is -0.590. The Kier molecular flexibility index (Phi) is 5.41. The van der Waals surface area contributed by atoms with E-state index in [9.17, 15) is 9.90 Å². The summed E-state index contributed by atoms with van der Waals surface area (Å²) in [6.07, 6.45) is 1.04. The number of thiocarbonyl (C=S) groups is 1. The molecule has 2 heterocycles. The van der Waals surface area contributed by atoms with Crippen molar-refractivity contribution >= 4 is 35.7 Å². The van der Waals surface area contributed by atoms with Crippen molar-refractivity contribution in [1.82, 2.24) is 15.1 Å². The molecule has 110 valence electrons. The van der Waals surface area contributed by atoms with Gasteiger partial charge in [0.25, 0.3) is 0 Å². The Morgan fingerprint density at radius 1 is 1.53 bits per heavy atom. The number of carboxylic acids is 1. The number of aliphatic carboxylic acids is 1. The minimum atomic E-state index is -0.771. The van der Waals surface area contributed by atoms with E-state index in [0.717, 1.165) is 37.7 Å². The second kappa shape index (κ2) is 6.24. The number of nitrogens with one attached hydrogen (secondary N) is 1. The normalized spacial score (nSPS) is 23.7. The number of nitrogens with zero attached hydrogens (tertiary/aromatic N) is 2. The predicted octanol–water partition coefficient (Wildman–Crippen LogP) is 0.783. The average Bonchev–Trinajstić information content (AvgIpc) is 2.33. The topological polar surface area (TPSA) is 55.8 Å². The van der Waals surface area contributed by atoms with Crippen LogP contribution in [0.25, 0.3) is 0 Å². The summed E-state index contributed by atoms with van der Waals surface area (Å²) in [7, 11) is 0. The quantitative estimate of drug-likeness (QED) is 0.752. The molecule has 19 heavy (non-hydrogen) atoms. The second-order valence-corrected chi connectivity index (χ2v) is 6.10. The minimum absolute atomic E-state index is 0. The average molecular weight is 308 g/mol. The highest BCUT2D eigenvalue weighted by atomic mass is 35.5. The van der Waals surface area contributed by atoms with E-state index < -0.39 is 11.4 Å². The molecule has 7 heteroatoms. The molecule has 1 atom stereocenters. The van der Waals surface area contributed by atoms with Crippen molar-refractivity contribution in [3.05, 3.63) is 0 Å². The summed E-state index contributed by atoms with van der Waals surface area (Å²) in [4.78, 5) is 15.5. The highest BCUT2D eigenvalue weighted by molar-refractivity contribution is 7.80. The zero-order valence-electron chi connectivity index (χ0n) is 11.4. The van der Waals surface area contributed by atoms with E-state index in [1.54, 1.807) is 13.8 Å². The molecule has 1 unspecified atom stereocenters. The van der Waals surface area contributed by atoms with Crippen LogP contribution >= 0.6 is 24.6 Å². The third-order valence-electron chi connectivity index (χ3n) is 3.76. The maximum Gasteiger partial charge on any atom is 0.310 e. The smallest absolute Gasteiger partial charge is 0.310 e.